The molecule has 1 atom stereocenters. The molecule has 0 aliphatic heterocycles. The molecule has 0 heterocycles. The quantitative estimate of drug-likeness (QED) is 0.0883. The third-order valence-electron chi connectivity index (χ3n) is 4.01. The van der Waals surface area contributed by atoms with Crippen LogP contribution in [0.1, 0.15) is 84.0 Å². The van der Waals surface area contributed by atoms with Crippen LogP contribution in [0.4, 0.5) is 0 Å². The molecule has 0 aliphatic carbocycles. The van der Waals surface area contributed by atoms with E-state index in [0.29, 0.717) is 6.61 Å². The van der Waals surface area contributed by atoms with Crippen molar-refractivity contribution in [3.63, 3.8) is 0 Å². The zero-order chi connectivity index (χ0) is 20.5. The SMILES string of the molecule is CCCCCCCCCCCCOCCC(=O)OC(CC(=O)[O-])S(=O)(=O)[O-].[Na+].[Na+]. The van der Waals surface area contributed by atoms with Crippen LogP contribution in [0.5, 0.6) is 0 Å². The minimum Gasteiger partial charge on any atom is -0.745 e. The van der Waals surface area contributed by atoms with Crippen molar-refractivity contribution in [1.82, 2.24) is 0 Å². The standard InChI is InChI=1S/C18H34O8S.2Na/c1-2-3-4-5-6-7-8-9-10-11-13-25-14-12-17(21)26-18(15-16(19)20)27(22,23)24;;/h18H,2-15H2,1H3,(H,19,20)(H,22,23,24);;/q;2*+1/p-2. The summed E-state index contributed by atoms with van der Waals surface area (Å²) in [6, 6.07) is 0. The summed E-state index contributed by atoms with van der Waals surface area (Å²) in [4.78, 5) is 21.9. The Kier molecular flexibility index (Phi) is 26.1. The van der Waals surface area contributed by atoms with Crippen molar-refractivity contribution >= 4 is 22.1 Å². The Morgan fingerprint density at radius 3 is 1.79 bits per heavy atom. The van der Waals surface area contributed by atoms with E-state index in [1.165, 1.54) is 44.9 Å². The van der Waals surface area contributed by atoms with Gasteiger partial charge in [-0.05, 0) is 6.42 Å². The molecule has 0 aromatic heterocycles. The Bertz CT molecular complexity index is 514. The first-order valence-corrected chi connectivity index (χ1v) is 11.2. The van der Waals surface area contributed by atoms with Gasteiger partial charge < -0.3 is 23.9 Å². The van der Waals surface area contributed by atoms with Crippen LogP contribution in [0.25, 0.3) is 0 Å². The Morgan fingerprint density at radius 1 is 0.862 bits per heavy atom. The van der Waals surface area contributed by atoms with Crippen molar-refractivity contribution in [3.8, 4) is 0 Å². The van der Waals surface area contributed by atoms with Crippen molar-refractivity contribution in [1.29, 1.82) is 0 Å². The molecule has 0 aromatic rings. The van der Waals surface area contributed by atoms with Gasteiger partial charge in [-0.15, -0.1) is 0 Å². The van der Waals surface area contributed by atoms with E-state index >= 15 is 0 Å². The van der Waals surface area contributed by atoms with E-state index in [1.54, 1.807) is 0 Å². The smallest absolute Gasteiger partial charge is 0.745 e. The monoisotopic (exact) mass is 454 g/mol. The Morgan fingerprint density at radius 2 is 1.34 bits per heavy atom. The van der Waals surface area contributed by atoms with Crippen LogP contribution >= 0.6 is 0 Å². The average molecular weight is 454 g/mol. The summed E-state index contributed by atoms with van der Waals surface area (Å²) in [6.07, 6.45) is 10.6. The summed E-state index contributed by atoms with van der Waals surface area (Å²) in [5.41, 5.74) is -2.27. The zero-order valence-corrected chi connectivity index (χ0v) is 23.0. The third-order valence-corrected chi connectivity index (χ3v) is 4.92. The first-order valence-electron chi connectivity index (χ1n) is 9.69. The minimum atomic E-state index is -5.07. The number of carbonyl (C=O) groups excluding carboxylic acids is 2. The number of carboxylic acids is 1. The van der Waals surface area contributed by atoms with Crippen LogP contribution < -0.4 is 64.2 Å². The maximum absolute atomic E-state index is 11.5. The number of hydrogen-bond donors (Lipinski definition) is 0. The number of esters is 1. The third kappa shape index (κ3) is 23.3. The molecule has 8 nitrogen and oxygen atoms in total. The van der Waals surface area contributed by atoms with Gasteiger partial charge in [-0.3, -0.25) is 4.79 Å². The zero-order valence-electron chi connectivity index (χ0n) is 18.2. The molecular formula is C18H32Na2O8S. The first kappa shape index (κ1) is 34.4. The molecule has 29 heavy (non-hydrogen) atoms. The normalized spacial score (nSPS) is 11.8. The molecule has 160 valence electrons. The predicted molar refractivity (Wildman–Crippen MR) is 96.5 cm³/mol. The molecule has 0 saturated heterocycles. The van der Waals surface area contributed by atoms with E-state index in [4.69, 9.17) is 4.74 Å². The van der Waals surface area contributed by atoms with Crippen LogP contribution in [0.3, 0.4) is 0 Å². The summed E-state index contributed by atoms with van der Waals surface area (Å²) in [5, 5.41) is 10.4. The fourth-order valence-corrected chi connectivity index (χ4v) is 3.06. The van der Waals surface area contributed by atoms with Gasteiger partial charge in [0.25, 0.3) is 0 Å². The second kappa shape index (κ2) is 22.0. The molecule has 0 fully saturated rings. The van der Waals surface area contributed by atoms with E-state index in [-0.39, 0.29) is 72.1 Å². The van der Waals surface area contributed by atoms with Gasteiger partial charge in [0.05, 0.1) is 13.0 Å². The number of carbonyl (C=O) groups is 2. The molecular weight excluding hydrogens is 422 g/mol. The molecule has 0 saturated carbocycles. The Balaban J connectivity index is -0.00000338. The van der Waals surface area contributed by atoms with Crippen molar-refractivity contribution in [3.05, 3.63) is 0 Å². The van der Waals surface area contributed by atoms with Crippen LogP contribution in [0, 0.1) is 0 Å². The maximum Gasteiger partial charge on any atom is 1.00 e. The van der Waals surface area contributed by atoms with E-state index in [2.05, 4.69) is 11.7 Å². The summed E-state index contributed by atoms with van der Waals surface area (Å²) in [7, 11) is -5.07. The fourth-order valence-electron chi connectivity index (χ4n) is 2.49. The van der Waals surface area contributed by atoms with Gasteiger partial charge in [0.2, 0.25) is 0 Å². The van der Waals surface area contributed by atoms with Crippen molar-refractivity contribution < 1.29 is 96.3 Å². The van der Waals surface area contributed by atoms with Crippen LogP contribution in [-0.4, -0.2) is 43.6 Å². The molecule has 0 aromatic carbocycles. The molecule has 0 radical (unpaired) electrons. The summed E-state index contributed by atoms with van der Waals surface area (Å²) < 4.78 is 42.2. The minimum absolute atomic E-state index is 0. The molecule has 0 amide bonds. The Labute approximate surface area is 219 Å². The second-order valence-electron chi connectivity index (χ2n) is 6.53. The van der Waals surface area contributed by atoms with Gasteiger partial charge in [0.1, 0.15) is 10.1 Å². The van der Waals surface area contributed by atoms with Crippen LogP contribution in [0.2, 0.25) is 0 Å². The average Bonchev–Trinajstić information content (AvgIpc) is 2.57. The van der Waals surface area contributed by atoms with Crippen LogP contribution in [-0.2, 0) is 29.2 Å². The number of ether oxygens (including phenoxy) is 2. The van der Waals surface area contributed by atoms with E-state index < -0.39 is 33.9 Å². The van der Waals surface area contributed by atoms with E-state index in [0.717, 1.165) is 19.3 Å². The maximum atomic E-state index is 11.5. The number of hydrogen-bond acceptors (Lipinski definition) is 8. The van der Waals surface area contributed by atoms with Gasteiger partial charge in [-0.1, -0.05) is 64.7 Å². The molecule has 1 unspecified atom stereocenters. The largest absolute Gasteiger partial charge is 1.00 e. The summed E-state index contributed by atoms with van der Waals surface area (Å²) >= 11 is 0. The van der Waals surface area contributed by atoms with Gasteiger partial charge in [0, 0.05) is 19.0 Å². The van der Waals surface area contributed by atoms with Gasteiger partial charge in [0.15, 0.2) is 5.44 Å². The number of carboxylic acid groups (broad SMARTS) is 1. The van der Waals surface area contributed by atoms with Crippen molar-refractivity contribution in [2.45, 2.75) is 89.4 Å². The first-order chi connectivity index (χ1) is 12.8. The molecule has 0 spiro atoms. The number of unbranched alkanes of at least 4 members (excludes halogenated alkanes) is 9. The predicted octanol–water partition coefficient (Wildman–Crippen LogP) is -4.12. The molecule has 0 N–H and O–H groups in total. The second-order valence-corrected chi connectivity index (χ2v) is 8.04. The van der Waals surface area contributed by atoms with Crippen molar-refractivity contribution in [2.75, 3.05) is 13.2 Å². The summed E-state index contributed by atoms with van der Waals surface area (Å²) in [5.74, 6) is -2.78. The molecule has 0 aliphatic rings. The van der Waals surface area contributed by atoms with E-state index in [9.17, 15) is 27.7 Å². The summed E-state index contributed by atoms with van der Waals surface area (Å²) in [6.45, 7) is 2.70. The van der Waals surface area contributed by atoms with Gasteiger partial charge >= 0.3 is 65.1 Å². The number of rotatable bonds is 18. The van der Waals surface area contributed by atoms with Gasteiger partial charge in [-0.25, -0.2) is 8.42 Å². The van der Waals surface area contributed by atoms with Crippen LogP contribution in [0.15, 0.2) is 0 Å². The fraction of sp³-hybridized carbons (Fsp3) is 0.889. The van der Waals surface area contributed by atoms with E-state index in [1.807, 2.05) is 0 Å². The Hall–Kier alpha value is 0.810. The molecule has 11 heteroatoms. The topological polar surface area (TPSA) is 133 Å². The molecule has 0 bridgehead atoms. The van der Waals surface area contributed by atoms with Crippen molar-refractivity contribution in [2.24, 2.45) is 0 Å². The van der Waals surface area contributed by atoms with Gasteiger partial charge in [-0.2, -0.15) is 0 Å². The molecule has 0 rings (SSSR count). The number of aliphatic carboxylic acids is 1.